The van der Waals surface area contributed by atoms with Crippen LogP contribution in [-0.2, 0) is 6.42 Å². The van der Waals surface area contributed by atoms with Gasteiger partial charge >= 0.3 is 0 Å². The molecule has 1 saturated heterocycles. The van der Waals surface area contributed by atoms with E-state index in [1.807, 2.05) is 0 Å². The Kier molecular flexibility index (Phi) is 5.01. The Bertz CT molecular complexity index is 419. The lowest BCUT2D eigenvalue weighted by Crippen LogP contribution is -2.58. The van der Waals surface area contributed by atoms with Gasteiger partial charge in [-0.2, -0.15) is 0 Å². The van der Waals surface area contributed by atoms with Crippen molar-refractivity contribution in [3.05, 3.63) is 35.9 Å². The molecule has 19 heavy (non-hydrogen) atoms. The Balaban J connectivity index is 1.97. The minimum atomic E-state index is 0.505. The Morgan fingerprint density at radius 1 is 1.37 bits per heavy atom. The van der Waals surface area contributed by atoms with E-state index in [1.54, 1.807) is 0 Å². The van der Waals surface area contributed by atoms with Crippen LogP contribution in [0.1, 0.15) is 19.4 Å². The van der Waals surface area contributed by atoms with Gasteiger partial charge in [0.1, 0.15) is 0 Å². The summed E-state index contributed by atoms with van der Waals surface area (Å²) in [6.07, 6.45) is 6.58. The van der Waals surface area contributed by atoms with Gasteiger partial charge < -0.3 is 5.32 Å². The van der Waals surface area contributed by atoms with Crippen LogP contribution in [0.2, 0.25) is 0 Å². The van der Waals surface area contributed by atoms with Gasteiger partial charge in [-0.15, -0.1) is 6.42 Å². The van der Waals surface area contributed by atoms with Crippen molar-refractivity contribution < 1.29 is 0 Å². The largest absolute Gasteiger partial charge is 0.311 e. The number of hydrogen-bond donors (Lipinski definition) is 1. The van der Waals surface area contributed by atoms with Crippen molar-refractivity contribution in [3.8, 4) is 12.3 Å². The third kappa shape index (κ3) is 3.83. The van der Waals surface area contributed by atoms with E-state index >= 15 is 0 Å². The first-order valence-corrected chi connectivity index (χ1v) is 7.15. The minimum absolute atomic E-state index is 0.505. The van der Waals surface area contributed by atoms with E-state index in [0.29, 0.717) is 18.0 Å². The van der Waals surface area contributed by atoms with Crippen LogP contribution < -0.4 is 5.32 Å². The van der Waals surface area contributed by atoms with Crippen LogP contribution in [0.15, 0.2) is 30.3 Å². The number of terminal acetylenes is 1. The highest BCUT2D eigenvalue weighted by atomic mass is 15.2. The van der Waals surface area contributed by atoms with E-state index in [2.05, 4.69) is 60.3 Å². The fourth-order valence-electron chi connectivity index (χ4n) is 2.89. The molecule has 1 heterocycles. The summed E-state index contributed by atoms with van der Waals surface area (Å²) in [5, 5.41) is 3.68. The molecule has 2 unspecified atom stereocenters. The van der Waals surface area contributed by atoms with Crippen molar-refractivity contribution in [1.29, 1.82) is 0 Å². The van der Waals surface area contributed by atoms with E-state index in [1.165, 1.54) is 5.56 Å². The van der Waals surface area contributed by atoms with E-state index < -0.39 is 0 Å². The number of rotatable bonds is 4. The fraction of sp³-hybridized carbons (Fsp3) is 0.529. The van der Waals surface area contributed by atoms with Crippen LogP contribution in [0.3, 0.4) is 0 Å². The van der Waals surface area contributed by atoms with Crippen LogP contribution in [0.4, 0.5) is 0 Å². The van der Waals surface area contributed by atoms with Gasteiger partial charge in [0.25, 0.3) is 0 Å². The third-order valence-corrected chi connectivity index (χ3v) is 3.93. The summed E-state index contributed by atoms with van der Waals surface area (Å²) in [5.41, 5.74) is 1.39. The molecule has 1 aromatic rings. The number of piperazine rings is 1. The molecule has 1 N–H and O–H groups in total. The molecule has 2 nitrogen and oxygen atoms in total. The maximum absolute atomic E-state index is 5.51. The number of benzene rings is 1. The molecule has 2 rings (SSSR count). The minimum Gasteiger partial charge on any atom is -0.311 e. The topological polar surface area (TPSA) is 15.3 Å². The van der Waals surface area contributed by atoms with Crippen molar-refractivity contribution in [2.24, 2.45) is 5.92 Å². The van der Waals surface area contributed by atoms with Crippen molar-refractivity contribution in [3.63, 3.8) is 0 Å². The average Bonchev–Trinajstić information content (AvgIpc) is 2.40. The van der Waals surface area contributed by atoms with Crippen molar-refractivity contribution >= 4 is 0 Å². The second-order valence-corrected chi connectivity index (χ2v) is 5.74. The molecule has 0 bridgehead atoms. The first-order chi connectivity index (χ1) is 9.20. The van der Waals surface area contributed by atoms with Gasteiger partial charge in [-0.25, -0.2) is 0 Å². The number of hydrogen-bond acceptors (Lipinski definition) is 2. The maximum atomic E-state index is 5.51. The van der Waals surface area contributed by atoms with Gasteiger partial charge in [0, 0.05) is 25.2 Å². The molecule has 1 aliphatic heterocycles. The van der Waals surface area contributed by atoms with E-state index in [9.17, 15) is 0 Å². The molecular formula is C17H24N2. The summed E-state index contributed by atoms with van der Waals surface area (Å²) in [6.45, 7) is 7.38. The molecule has 0 aromatic heterocycles. The van der Waals surface area contributed by atoms with Crippen LogP contribution in [0.25, 0.3) is 0 Å². The van der Waals surface area contributed by atoms with Gasteiger partial charge in [0.2, 0.25) is 0 Å². The molecule has 0 aliphatic carbocycles. The predicted molar refractivity (Wildman–Crippen MR) is 81.0 cm³/mol. The van der Waals surface area contributed by atoms with Gasteiger partial charge in [-0.1, -0.05) is 50.1 Å². The second-order valence-electron chi connectivity index (χ2n) is 5.74. The van der Waals surface area contributed by atoms with Gasteiger partial charge in [0.15, 0.2) is 0 Å². The molecule has 1 aliphatic rings. The molecule has 0 radical (unpaired) electrons. The molecule has 1 fully saturated rings. The van der Waals surface area contributed by atoms with Gasteiger partial charge in [-0.05, 0) is 17.9 Å². The SMILES string of the molecule is C#CCN1CC(Cc2ccccc2)NCC1C(C)C. The number of nitrogens with zero attached hydrogens (tertiary/aromatic N) is 1. The summed E-state index contributed by atoms with van der Waals surface area (Å²) in [4.78, 5) is 2.45. The molecular weight excluding hydrogens is 232 g/mol. The summed E-state index contributed by atoms with van der Waals surface area (Å²) in [7, 11) is 0. The van der Waals surface area contributed by atoms with Crippen LogP contribution in [0.5, 0.6) is 0 Å². The van der Waals surface area contributed by atoms with Crippen molar-refractivity contribution in [1.82, 2.24) is 10.2 Å². The summed E-state index contributed by atoms with van der Waals surface area (Å²) < 4.78 is 0. The highest BCUT2D eigenvalue weighted by Crippen LogP contribution is 2.16. The molecule has 0 saturated carbocycles. The lowest BCUT2D eigenvalue weighted by Gasteiger charge is -2.41. The summed E-state index contributed by atoms with van der Waals surface area (Å²) in [5.74, 6) is 3.44. The molecule has 0 spiro atoms. The molecule has 102 valence electrons. The number of nitrogens with one attached hydrogen (secondary N) is 1. The zero-order chi connectivity index (χ0) is 13.7. The van der Waals surface area contributed by atoms with E-state index in [-0.39, 0.29) is 0 Å². The normalized spacial score (nSPS) is 24.3. The Labute approximate surface area is 117 Å². The van der Waals surface area contributed by atoms with Gasteiger partial charge in [0.05, 0.1) is 6.54 Å². The molecule has 0 amide bonds. The molecule has 2 heteroatoms. The zero-order valence-corrected chi connectivity index (χ0v) is 12.0. The summed E-state index contributed by atoms with van der Waals surface area (Å²) in [6, 6.07) is 11.7. The maximum Gasteiger partial charge on any atom is 0.0602 e. The monoisotopic (exact) mass is 256 g/mol. The predicted octanol–water partition coefficient (Wildman–Crippen LogP) is 2.16. The highest BCUT2D eigenvalue weighted by molar-refractivity contribution is 5.16. The zero-order valence-electron chi connectivity index (χ0n) is 12.0. The van der Waals surface area contributed by atoms with Crippen LogP contribution >= 0.6 is 0 Å². The average molecular weight is 256 g/mol. The molecule has 1 aromatic carbocycles. The second kappa shape index (κ2) is 6.75. The third-order valence-electron chi connectivity index (χ3n) is 3.93. The van der Waals surface area contributed by atoms with Crippen LogP contribution in [0, 0.1) is 18.3 Å². The Morgan fingerprint density at radius 2 is 2.11 bits per heavy atom. The van der Waals surface area contributed by atoms with Crippen molar-refractivity contribution in [2.75, 3.05) is 19.6 Å². The Hall–Kier alpha value is -1.30. The van der Waals surface area contributed by atoms with Crippen molar-refractivity contribution in [2.45, 2.75) is 32.4 Å². The van der Waals surface area contributed by atoms with Crippen LogP contribution in [-0.4, -0.2) is 36.6 Å². The van der Waals surface area contributed by atoms with E-state index in [4.69, 9.17) is 6.42 Å². The fourth-order valence-corrected chi connectivity index (χ4v) is 2.89. The standard InChI is InChI=1S/C17H24N2/c1-4-10-19-13-16(18-12-17(19)14(2)3)11-15-8-6-5-7-9-15/h1,5-9,14,16-18H,10-13H2,2-3H3. The first-order valence-electron chi connectivity index (χ1n) is 7.15. The van der Waals surface area contributed by atoms with Gasteiger partial charge in [-0.3, -0.25) is 4.90 Å². The lowest BCUT2D eigenvalue weighted by atomic mass is 9.96. The Morgan fingerprint density at radius 3 is 2.74 bits per heavy atom. The quantitative estimate of drug-likeness (QED) is 0.831. The molecule has 2 atom stereocenters. The smallest absolute Gasteiger partial charge is 0.0602 e. The van der Waals surface area contributed by atoms with E-state index in [0.717, 1.165) is 26.1 Å². The first kappa shape index (κ1) is 14.1. The highest BCUT2D eigenvalue weighted by Gasteiger charge is 2.29. The summed E-state index contributed by atoms with van der Waals surface area (Å²) >= 11 is 0. The lowest BCUT2D eigenvalue weighted by molar-refractivity contribution is 0.113.